The van der Waals surface area contributed by atoms with Gasteiger partial charge >= 0.3 is 0 Å². The molecule has 4 rings (SSSR count). The van der Waals surface area contributed by atoms with E-state index in [0.717, 1.165) is 42.1 Å². The Morgan fingerprint density at radius 1 is 1.19 bits per heavy atom. The van der Waals surface area contributed by atoms with E-state index in [2.05, 4.69) is 20.4 Å². The van der Waals surface area contributed by atoms with Crippen molar-refractivity contribution in [1.29, 1.82) is 0 Å². The van der Waals surface area contributed by atoms with Crippen LogP contribution in [0.3, 0.4) is 0 Å². The van der Waals surface area contributed by atoms with Crippen molar-refractivity contribution < 1.29 is 13.9 Å². The first-order chi connectivity index (χ1) is 15.5. The number of aromatic nitrogens is 2. The highest BCUT2D eigenvalue weighted by Crippen LogP contribution is 2.19. The molecule has 3 aromatic rings. The molecule has 1 fully saturated rings. The van der Waals surface area contributed by atoms with Gasteiger partial charge in [-0.3, -0.25) is 9.69 Å². The summed E-state index contributed by atoms with van der Waals surface area (Å²) in [5.41, 5.74) is 3.11. The maximum Gasteiger partial charge on any atom is 0.282 e. The molecule has 1 aromatic heterocycles. The maximum atomic E-state index is 13.6. The molecule has 6 nitrogen and oxygen atoms in total. The minimum absolute atomic E-state index is 0.161. The van der Waals surface area contributed by atoms with E-state index in [1.165, 1.54) is 23.0 Å². The van der Waals surface area contributed by atoms with Crippen LogP contribution in [-0.2, 0) is 24.4 Å². The lowest BCUT2D eigenvalue weighted by atomic mass is 10.1. The molecular weight excluding hydrogens is 427 g/mol. The lowest BCUT2D eigenvalue weighted by Gasteiger charge is -2.24. The third-order valence-electron chi connectivity index (χ3n) is 5.37. The van der Waals surface area contributed by atoms with Gasteiger partial charge in [0.05, 0.1) is 12.6 Å². The molecule has 1 saturated heterocycles. The number of hydrogen-bond donors (Lipinski definition) is 1. The van der Waals surface area contributed by atoms with Crippen LogP contribution in [0.5, 0.6) is 0 Å². The second kappa shape index (κ2) is 10.8. The highest BCUT2D eigenvalue weighted by atomic mass is 32.1. The summed E-state index contributed by atoms with van der Waals surface area (Å²) in [6, 6.07) is 14.7. The average molecular weight is 455 g/mol. The van der Waals surface area contributed by atoms with Gasteiger partial charge in [-0.1, -0.05) is 53.3 Å². The third-order valence-corrected chi connectivity index (χ3v) is 6.28. The van der Waals surface area contributed by atoms with Gasteiger partial charge in [0, 0.05) is 26.2 Å². The Labute approximate surface area is 191 Å². The van der Waals surface area contributed by atoms with Crippen molar-refractivity contribution in [2.75, 3.05) is 13.2 Å². The Morgan fingerprint density at radius 2 is 2.03 bits per heavy atom. The summed E-state index contributed by atoms with van der Waals surface area (Å²) < 4.78 is 19.4. The van der Waals surface area contributed by atoms with Crippen LogP contribution in [0.15, 0.2) is 48.5 Å². The molecule has 2 aromatic carbocycles. The lowest BCUT2D eigenvalue weighted by Crippen LogP contribution is -2.31. The smallest absolute Gasteiger partial charge is 0.282 e. The summed E-state index contributed by atoms with van der Waals surface area (Å²) in [6.45, 7) is 5.08. The zero-order valence-corrected chi connectivity index (χ0v) is 18.9. The van der Waals surface area contributed by atoms with Crippen LogP contribution in [-0.4, -0.2) is 40.3 Å². The summed E-state index contributed by atoms with van der Waals surface area (Å²) in [5, 5.41) is 12.3. The van der Waals surface area contributed by atoms with E-state index in [1.807, 2.05) is 37.3 Å². The molecule has 0 aliphatic carbocycles. The molecule has 168 valence electrons. The lowest BCUT2D eigenvalue weighted by molar-refractivity contribution is 0.0678. The fourth-order valence-electron chi connectivity index (χ4n) is 3.72. The predicted octanol–water partition coefficient (Wildman–Crippen LogP) is 4.10. The first-order valence-corrected chi connectivity index (χ1v) is 11.6. The van der Waals surface area contributed by atoms with E-state index in [1.54, 1.807) is 12.1 Å². The first-order valence-electron chi connectivity index (χ1n) is 10.8. The molecule has 1 unspecified atom stereocenters. The fraction of sp³-hybridized carbons (Fsp3) is 0.375. The number of halogens is 1. The standard InChI is InChI=1S/C24H27FN4O2S/c1-17-7-9-18(10-8-17)13-26-23(30)24-28-27-22(32-24)16-29(15-21-6-3-11-31-21)14-19-4-2-5-20(25)12-19/h2,4-5,7-10,12,21H,3,6,11,13-16H2,1H3,(H,26,30). The topological polar surface area (TPSA) is 67.4 Å². The van der Waals surface area contributed by atoms with Crippen LogP contribution >= 0.6 is 11.3 Å². The van der Waals surface area contributed by atoms with Crippen LogP contribution in [0.1, 0.15) is 44.3 Å². The number of hydrogen-bond acceptors (Lipinski definition) is 6. The molecule has 1 atom stereocenters. The summed E-state index contributed by atoms with van der Waals surface area (Å²) in [5.74, 6) is -0.479. The molecule has 2 heterocycles. The second-order valence-corrected chi connectivity index (χ2v) is 9.17. The molecule has 0 radical (unpaired) electrons. The van der Waals surface area contributed by atoms with Gasteiger partial charge in [-0.05, 0) is 43.0 Å². The Hall–Kier alpha value is -2.68. The number of aryl methyl sites for hydroxylation is 1. The number of carbonyl (C=O) groups is 1. The number of amides is 1. The average Bonchev–Trinajstić information content (AvgIpc) is 3.45. The number of nitrogens with one attached hydrogen (secondary N) is 1. The quantitative estimate of drug-likeness (QED) is 0.527. The van der Waals surface area contributed by atoms with Gasteiger partial charge in [0.2, 0.25) is 5.01 Å². The molecule has 1 aliphatic rings. The number of benzene rings is 2. The van der Waals surface area contributed by atoms with Gasteiger partial charge in [0.1, 0.15) is 10.8 Å². The van der Waals surface area contributed by atoms with Crippen molar-refractivity contribution in [3.63, 3.8) is 0 Å². The zero-order chi connectivity index (χ0) is 22.3. The molecule has 1 N–H and O–H groups in total. The van der Waals surface area contributed by atoms with Gasteiger partial charge in [0.25, 0.3) is 5.91 Å². The van der Waals surface area contributed by atoms with Gasteiger partial charge in [-0.15, -0.1) is 10.2 Å². The summed E-state index contributed by atoms with van der Waals surface area (Å²) in [6.07, 6.45) is 2.24. The van der Waals surface area contributed by atoms with Crippen LogP contribution in [0.4, 0.5) is 4.39 Å². The molecule has 0 saturated carbocycles. The van der Waals surface area contributed by atoms with E-state index >= 15 is 0 Å². The molecule has 0 bridgehead atoms. The third kappa shape index (κ3) is 6.41. The van der Waals surface area contributed by atoms with Gasteiger partial charge < -0.3 is 10.1 Å². The Balaban J connectivity index is 1.38. The number of rotatable bonds is 9. The van der Waals surface area contributed by atoms with Crippen molar-refractivity contribution in [2.45, 2.75) is 45.5 Å². The first kappa shape index (κ1) is 22.5. The number of nitrogens with zero attached hydrogens (tertiary/aromatic N) is 3. The number of carbonyl (C=O) groups excluding carboxylic acids is 1. The Kier molecular flexibility index (Phi) is 7.57. The van der Waals surface area contributed by atoms with E-state index in [4.69, 9.17) is 4.74 Å². The van der Waals surface area contributed by atoms with Crippen molar-refractivity contribution in [3.05, 3.63) is 81.1 Å². The van der Waals surface area contributed by atoms with E-state index in [-0.39, 0.29) is 17.8 Å². The molecular formula is C24H27FN4O2S. The van der Waals surface area contributed by atoms with Crippen LogP contribution in [0.25, 0.3) is 0 Å². The van der Waals surface area contributed by atoms with Gasteiger partial charge in [-0.2, -0.15) is 0 Å². The minimum atomic E-state index is -0.247. The van der Waals surface area contributed by atoms with Gasteiger partial charge in [-0.25, -0.2) is 4.39 Å². The normalized spacial score (nSPS) is 15.9. The number of ether oxygens (including phenoxy) is 1. The van der Waals surface area contributed by atoms with E-state index in [9.17, 15) is 9.18 Å². The highest BCUT2D eigenvalue weighted by molar-refractivity contribution is 7.13. The zero-order valence-electron chi connectivity index (χ0n) is 18.1. The largest absolute Gasteiger partial charge is 0.377 e. The minimum Gasteiger partial charge on any atom is -0.377 e. The van der Waals surface area contributed by atoms with E-state index < -0.39 is 0 Å². The summed E-state index contributed by atoms with van der Waals surface area (Å²) in [4.78, 5) is 14.7. The van der Waals surface area contributed by atoms with Crippen LogP contribution in [0.2, 0.25) is 0 Å². The van der Waals surface area contributed by atoms with E-state index in [0.29, 0.717) is 24.6 Å². The van der Waals surface area contributed by atoms with Crippen molar-refractivity contribution in [2.24, 2.45) is 0 Å². The monoisotopic (exact) mass is 454 g/mol. The highest BCUT2D eigenvalue weighted by Gasteiger charge is 2.21. The molecule has 1 aliphatic heterocycles. The van der Waals surface area contributed by atoms with Crippen molar-refractivity contribution >= 4 is 17.2 Å². The van der Waals surface area contributed by atoms with Crippen LogP contribution in [0, 0.1) is 12.7 Å². The molecule has 8 heteroatoms. The maximum absolute atomic E-state index is 13.6. The summed E-state index contributed by atoms with van der Waals surface area (Å²) in [7, 11) is 0. The SMILES string of the molecule is Cc1ccc(CNC(=O)c2nnc(CN(Cc3cccc(F)c3)CC3CCCO3)s2)cc1. The fourth-order valence-corrected chi connectivity index (χ4v) is 4.52. The Morgan fingerprint density at radius 3 is 2.78 bits per heavy atom. The molecule has 32 heavy (non-hydrogen) atoms. The molecule has 1 amide bonds. The Bertz CT molecular complexity index is 1030. The van der Waals surface area contributed by atoms with Crippen LogP contribution < -0.4 is 5.32 Å². The summed E-state index contributed by atoms with van der Waals surface area (Å²) >= 11 is 1.29. The second-order valence-electron chi connectivity index (χ2n) is 8.10. The van der Waals surface area contributed by atoms with Crippen molar-refractivity contribution in [1.82, 2.24) is 20.4 Å². The van der Waals surface area contributed by atoms with Gasteiger partial charge in [0.15, 0.2) is 0 Å². The molecule has 0 spiro atoms. The van der Waals surface area contributed by atoms with Crippen molar-refractivity contribution in [3.8, 4) is 0 Å². The predicted molar refractivity (Wildman–Crippen MR) is 122 cm³/mol.